The summed E-state index contributed by atoms with van der Waals surface area (Å²) < 4.78 is 27.1. The molecule has 1 aromatic carbocycles. The molecule has 0 bridgehead atoms. The monoisotopic (exact) mass is 259 g/mol. The van der Waals surface area contributed by atoms with Crippen LogP contribution in [0.15, 0.2) is 36.7 Å². The highest BCUT2D eigenvalue weighted by atomic mass is 19.1. The number of pyridine rings is 1. The summed E-state index contributed by atoms with van der Waals surface area (Å²) in [6, 6.07) is 7.41. The Balaban J connectivity index is 2.02. The van der Waals surface area contributed by atoms with Gasteiger partial charge in [-0.25, -0.2) is 8.78 Å². The summed E-state index contributed by atoms with van der Waals surface area (Å²) in [6.07, 6.45) is 3.96. The molecule has 2 aromatic rings. The van der Waals surface area contributed by atoms with E-state index >= 15 is 0 Å². The maximum atomic E-state index is 13.6. The Bertz CT molecular complexity index is 583. The zero-order valence-electron chi connectivity index (χ0n) is 10.0. The van der Waals surface area contributed by atoms with Gasteiger partial charge in [0, 0.05) is 18.9 Å². The number of nitrogens with one attached hydrogen (secondary N) is 1. The molecule has 0 aliphatic carbocycles. The van der Waals surface area contributed by atoms with Gasteiger partial charge in [0.25, 0.3) is 0 Å². The van der Waals surface area contributed by atoms with Crippen molar-refractivity contribution in [1.29, 1.82) is 5.26 Å². The molecule has 0 fully saturated rings. The summed E-state index contributed by atoms with van der Waals surface area (Å²) in [7, 11) is 0. The summed E-state index contributed by atoms with van der Waals surface area (Å²) >= 11 is 0. The van der Waals surface area contributed by atoms with Gasteiger partial charge in [0.15, 0.2) is 11.6 Å². The lowest BCUT2D eigenvalue weighted by Gasteiger charge is -2.09. The topological polar surface area (TPSA) is 48.7 Å². The summed E-state index contributed by atoms with van der Waals surface area (Å²) in [5.74, 6) is -1.52. The number of nitrogens with zero attached hydrogens (tertiary/aromatic N) is 2. The van der Waals surface area contributed by atoms with E-state index in [4.69, 9.17) is 5.26 Å². The highest BCUT2D eigenvalue weighted by Crippen LogP contribution is 2.20. The summed E-state index contributed by atoms with van der Waals surface area (Å²) in [4.78, 5) is 3.89. The van der Waals surface area contributed by atoms with Gasteiger partial charge in [-0.05, 0) is 36.2 Å². The van der Waals surface area contributed by atoms with E-state index in [1.54, 1.807) is 18.5 Å². The third-order valence-corrected chi connectivity index (χ3v) is 2.64. The van der Waals surface area contributed by atoms with E-state index < -0.39 is 11.6 Å². The Kier molecular flexibility index (Phi) is 4.04. The maximum absolute atomic E-state index is 13.6. The van der Waals surface area contributed by atoms with Crippen molar-refractivity contribution in [3.05, 3.63) is 59.4 Å². The van der Waals surface area contributed by atoms with Gasteiger partial charge in [0.05, 0.1) is 11.6 Å². The van der Waals surface area contributed by atoms with E-state index in [2.05, 4.69) is 10.3 Å². The van der Waals surface area contributed by atoms with Crippen molar-refractivity contribution >= 4 is 5.69 Å². The standard InChI is InChI=1S/C14H11F2N3/c15-12-7-11(9-17)8-13(16)14(12)19-6-3-10-1-4-18-5-2-10/h1-2,4-5,7-8,19H,3,6H2. The van der Waals surface area contributed by atoms with Gasteiger partial charge in [-0.1, -0.05) is 0 Å². The molecule has 0 spiro atoms. The predicted molar refractivity (Wildman–Crippen MR) is 67.5 cm³/mol. The predicted octanol–water partition coefficient (Wildman–Crippen LogP) is 2.89. The second-order valence-electron chi connectivity index (χ2n) is 3.96. The van der Waals surface area contributed by atoms with Gasteiger partial charge in [-0.3, -0.25) is 4.98 Å². The largest absolute Gasteiger partial charge is 0.380 e. The SMILES string of the molecule is N#Cc1cc(F)c(NCCc2ccncc2)c(F)c1. The van der Waals surface area contributed by atoms with Gasteiger partial charge in [0.1, 0.15) is 5.69 Å². The van der Waals surface area contributed by atoms with E-state index in [9.17, 15) is 8.78 Å². The first-order valence-electron chi connectivity index (χ1n) is 5.72. The number of anilines is 1. The van der Waals surface area contributed by atoms with Gasteiger partial charge in [0.2, 0.25) is 0 Å². The Labute approximate surface area is 109 Å². The van der Waals surface area contributed by atoms with Gasteiger partial charge in [-0.15, -0.1) is 0 Å². The zero-order chi connectivity index (χ0) is 13.7. The minimum absolute atomic E-state index is 0.0327. The highest BCUT2D eigenvalue weighted by Gasteiger charge is 2.10. The molecule has 0 aliphatic heterocycles. The summed E-state index contributed by atoms with van der Waals surface area (Å²) in [6.45, 7) is 0.393. The van der Waals surface area contributed by atoms with Crippen LogP contribution in [0, 0.1) is 23.0 Å². The molecule has 96 valence electrons. The number of benzene rings is 1. The maximum Gasteiger partial charge on any atom is 0.150 e. The molecule has 1 N–H and O–H groups in total. The van der Waals surface area contributed by atoms with Crippen molar-refractivity contribution in [3.63, 3.8) is 0 Å². The number of halogens is 2. The Morgan fingerprint density at radius 2 is 1.79 bits per heavy atom. The van der Waals surface area contributed by atoms with Crippen LogP contribution in [-0.4, -0.2) is 11.5 Å². The molecule has 3 nitrogen and oxygen atoms in total. The first-order valence-corrected chi connectivity index (χ1v) is 5.72. The van der Waals surface area contributed by atoms with Crippen LogP contribution in [0.5, 0.6) is 0 Å². The molecule has 0 amide bonds. The molecule has 0 aliphatic rings. The molecule has 0 radical (unpaired) electrons. The van der Waals surface area contributed by atoms with E-state index in [0.29, 0.717) is 13.0 Å². The van der Waals surface area contributed by atoms with E-state index in [-0.39, 0.29) is 11.3 Å². The Morgan fingerprint density at radius 3 is 2.37 bits per heavy atom. The van der Waals surface area contributed by atoms with Gasteiger partial charge >= 0.3 is 0 Å². The van der Waals surface area contributed by atoms with E-state index in [1.165, 1.54) is 0 Å². The van der Waals surface area contributed by atoms with E-state index in [0.717, 1.165) is 17.7 Å². The van der Waals surface area contributed by atoms with E-state index in [1.807, 2.05) is 12.1 Å². The van der Waals surface area contributed by atoms with Crippen LogP contribution >= 0.6 is 0 Å². The average Bonchev–Trinajstić information content (AvgIpc) is 2.42. The van der Waals surface area contributed by atoms with Crippen molar-refractivity contribution in [2.75, 3.05) is 11.9 Å². The minimum atomic E-state index is -0.758. The molecular formula is C14H11F2N3. The average molecular weight is 259 g/mol. The zero-order valence-corrected chi connectivity index (χ0v) is 10.0. The first kappa shape index (κ1) is 13.0. The summed E-state index contributed by atoms with van der Waals surface area (Å²) in [5, 5.41) is 11.3. The third-order valence-electron chi connectivity index (χ3n) is 2.64. The Hall–Kier alpha value is -2.48. The highest BCUT2D eigenvalue weighted by molar-refractivity contribution is 5.50. The van der Waals surface area contributed by atoms with Crippen LogP contribution in [0.1, 0.15) is 11.1 Å². The lowest BCUT2D eigenvalue weighted by molar-refractivity contribution is 0.587. The fraction of sp³-hybridized carbons (Fsp3) is 0.143. The lowest BCUT2D eigenvalue weighted by atomic mass is 10.1. The molecule has 0 saturated heterocycles. The molecule has 1 aromatic heterocycles. The van der Waals surface area contributed by atoms with Crippen LogP contribution in [-0.2, 0) is 6.42 Å². The first-order chi connectivity index (χ1) is 9.20. The van der Waals surface area contributed by atoms with Crippen molar-refractivity contribution in [1.82, 2.24) is 4.98 Å². The lowest BCUT2D eigenvalue weighted by Crippen LogP contribution is -2.08. The number of nitriles is 1. The third kappa shape index (κ3) is 3.26. The number of aromatic nitrogens is 1. The molecular weight excluding hydrogens is 248 g/mol. The molecule has 19 heavy (non-hydrogen) atoms. The quantitative estimate of drug-likeness (QED) is 0.918. The van der Waals surface area contributed by atoms with Crippen LogP contribution in [0.2, 0.25) is 0 Å². The van der Waals surface area contributed by atoms with Crippen LogP contribution in [0.25, 0.3) is 0 Å². The molecule has 1 heterocycles. The second kappa shape index (κ2) is 5.91. The fourth-order valence-corrected chi connectivity index (χ4v) is 1.69. The van der Waals surface area contributed by atoms with Gasteiger partial charge < -0.3 is 5.32 Å². The van der Waals surface area contributed by atoms with Crippen molar-refractivity contribution in [2.24, 2.45) is 0 Å². The fourth-order valence-electron chi connectivity index (χ4n) is 1.69. The number of hydrogen-bond donors (Lipinski definition) is 1. The summed E-state index contributed by atoms with van der Waals surface area (Å²) in [5.41, 5.74) is 0.791. The molecule has 5 heteroatoms. The number of rotatable bonds is 4. The second-order valence-corrected chi connectivity index (χ2v) is 3.96. The van der Waals surface area contributed by atoms with Crippen LogP contribution in [0.4, 0.5) is 14.5 Å². The normalized spacial score (nSPS) is 9.95. The molecule has 0 atom stereocenters. The minimum Gasteiger partial charge on any atom is -0.380 e. The molecule has 2 rings (SSSR count). The van der Waals surface area contributed by atoms with Crippen LogP contribution < -0.4 is 5.32 Å². The van der Waals surface area contributed by atoms with Crippen LogP contribution in [0.3, 0.4) is 0 Å². The van der Waals surface area contributed by atoms with Crippen molar-refractivity contribution in [3.8, 4) is 6.07 Å². The smallest absolute Gasteiger partial charge is 0.150 e. The number of hydrogen-bond acceptors (Lipinski definition) is 3. The molecule has 0 saturated carbocycles. The van der Waals surface area contributed by atoms with Gasteiger partial charge in [-0.2, -0.15) is 5.26 Å². The molecule has 0 unspecified atom stereocenters. The van der Waals surface area contributed by atoms with Crippen molar-refractivity contribution < 1.29 is 8.78 Å². The Morgan fingerprint density at radius 1 is 1.16 bits per heavy atom. The van der Waals surface area contributed by atoms with Crippen molar-refractivity contribution in [2.45, 2.75) is 6.42 Å².